The van der Waals surface area contributed by atoms with Crippen LogP contribution >= 0.6 is 0 Å². The Labute approximate surface area is 132 Å². The van der Waals surface area contributed by atoms with Gasteiger partial charge in [0, 0.05) is 11.6 Å². The van der Waals surface area contributed by atoms with E-state index in [0.29, 0.717) is 17.1 Å². The fourth-order valence-corrected chi connectivity index (χ4v) is 2.16. The molecule has 3 aromatic rings. The Kier molecular flexibility index (Phi) is 4.16. The number of carbonyl (C=O) groups is 1. The van der Waals surface area contributed by atoms with Crippen molar-refractivity contribution >= 4 is 12.0 Å². The summed E-state index contributed by atoms with van der Waals surface area (Å²) in [5.74, 6) is 0.514. The van der Waals surface area contributed by atoms with Gasteiger partial charge in [0.15, 0.2) is 5.60 Å². The van der Waals surface area contributed by atoms with Crippen LogP contribution in [0.2, 0.25) is 0 Å². The Hall–Kier alpha value is -2.99. The lowest BCUT2D eigenvalue weighted by molar-refractivity contribution is -0.117. The van der Waals surface area contributed by atoms with Crippen molar-refractivity contribution in [2.24, 2.45) is 0 Å². The van der Waals surface area contributed by atoms with Crippen molar-refractivity contribution in [2.75, 3.05) is 6.54 Å². The SMILES string of the molecule is O=C(/C=C/c1ccco1)NC[C@](O)(c1ccoc1)c1ccco1. The van der Waals surface area contributed by atoms with Crippen LogP contribution in [-0.2, 0) is 10.4 Å². The molecule has 0 aliphatic heterocycles. The van der Waals surface area contributed by atoms with Crippen LogP contribution in [0.1, 0.15) is 17.1 Å². The van der Waals surface area contributed by atoms with Crippen molar-refractivity contribution in [3.05, 3.63) is 78.5 Å². The fraction of sp³-hybridized carbons (Fsp3) is 0.118. The first kappa shape index (κ1) is 14.9. The fourth-order valence-electron chi connectivity index (χ4n) is 2.16. The molecule has 3 heterocycles. The molecule has 0 aromatic carbocycles. The summed E-state index contributed by atoms with van der Waals surface area (Å²) in [6, 6.07) is 8.38. The number of amides is 1. The molecule has 23 heavy (non-hydrogen) atoms. The summed E-state index contributed by atoms with van der Waals surface area (Å²) in [5, 5.41) is 13.6. The van der Waals surface area contributed by atoms with Gasteiger partial charge in [-0.2, -0.15) is 0 Å². The Morgan fingerprint density at radius 1 is 1.17 bits per heavy atom. The van der Waals surface area contributed by atoms with Crippen LogP contribution in [0.25, 0.3) is 6.08 Å². The van der Waals surface area contributed by atoms with Gasteiger partial charge >= 0.3 is 0 Å². The maximum absolute atomic E-state index is 11.9. The molecule has 0 saturated carbocycles. The summed E-state index contributed by atoms with van der Waals surface area (Å²) in [7, 11) is 0. The molecule has 0 spiro atoms. The summed E-state index contributed by atoms with van der Waals surface area (Å²) in [5.41, 5.74) is -1.02. The predicted molar refractivity (Wildman–Crippen MR) is 81.2 cm³/mol. The number of nitrogens with one attached hydrogen (secondary N) is 1. The van der Waals surface area contributed by atoms with E-state index in [2.05, 4.69) is 5.32 Å². The predicted octanol–water partition coefficient (Wildman–Crippen LogP) is 2.53. The van der Waals surface area contributed by atoms with Gasteiger partial charge in [-0.1, -0.05) is 0 Å². The molecule has 2 N–H and O–H groups in total. The van der Waals surface area contributed by atoms with Crippen molar-refractivity contribution < 1.29 is 23.2 Å². The molecule has 0 radical (unpaired) electrons. The van der Waals surface area contributed by atoms with Gasteiger partial charge < -0.3 is 23.7 Å². The molecular weight excluding hydrogens is 298 g/mol. The Bertz CT molecular complexity index is 720. The number of aliphatic hydroxyl groups is 1. The molecule has 1 atom stereocenters. The van der Waals surface area contributed by atoms with E-state index in [1.165, 1.54) is 31.1 Å². The van der Waals surface area contributed by atoms with Gasteiger partial charge in [-0.3, -0.25) is 4.79 Å². The van der Waals surface area contributed by atoms with Gasteiger partial charge in [0.05, 0.1) is 31.6 Å². The van der Waals surface area contributed by atoms with Crippen molar-refractivity contribution in [1.82, 2.24) is 5.32 Å². The number of rotatable bonds is 6. The van der Waals surface area contributed by atoms with Gasteiger partial charge in [0.2, 0.25) is 5.91 Å². The Balaban J connectivity index is 1.71. The number of hydrogen-bond donors (Lipinski definition) is 2. The molecule has 3 rings (SSSR count). The van der Waals surface area contributed by atoms with Crippen molar-refractivity contribution in [3.8, 4) is 0 Å². The zero-order chi connectivity index (χ0) is 16.1. The van der Waals surface area contributed by atoms with E-state index in [4.69, 9.17) is 13.3 Å². The minimum absolute atomic E-state index is 0.0681. The second-order valence-corrected chi connectivity index (χ2v) is 4.92. The average Bonchev–Trinajstić information content (AvgIpc) is 3.33. The molecular formula is C17H15NO5. The minimum atomic E-state index is -1.51. The highest BCUT2D eigenvalue weighted by Crippen LogP contribution is 2.29. The van der Waals surface area contributed by atoms with Crippen LogP contribution in [0.3, 0.4) is 0 Å². The van der Waals surface area contributed by atoms with Gasteiger partial charge in [-0.05, 0) is 36.4 Å². The summed E-state index contributed by atoms with van der Waals surface area (Å²) >= 11 is 0. The molecule has 0 unspecified atom stereocenters. The van der Waals surface area contributed by atoms with Gasteiger partial charge in [-0.15, -0.1) is 0 Å². The van der Waals surface area contributed by atoms with E-state index in [-0.39, 0.29) is 12.5 Å². The molecule has 0 aliphatic carbocycles. The zero-order valence-corrected chi connectivity index (χ0v) is 12.1. The highest BCUT2D eigenvalue weighted by atomic mass is 16.4. The quantitative estimate of drug-likeness (QED) is 0.683. The molecule has 0 aliphatic rings. The zero-order valence-electron chi connectivity index (χ0n) is 12.1. The largest absolute Gasteiger partial charge is 0.472 e. The lowest BCUT2D eigenvalue weighted by Gasteiger charge is -2.24. The number of carbonyl (C=O) groups excluding carboxylic acids is 1. The lowest BCUT2D eigenvalue weighted by atomic mass is 9.93. The lowest BCUT2D eigenvalue weighted by Crippen LogP contribution is -2.40. The third kappa shape index (κ3) is 3.27. The maximum Gasteiger partial charge on any atom is 0.244 e. The second-order valence-electron chi connectivity index (χ2n) is 4.92. The minimum Gasteiger partial charge on any atom is -0.472 e. The first-order valence-corrected chi connectivity index (χ1v) is 6.97. The smallest absolute Gasteiger partial charge is 0.244 e. The molecule has 0 fully saturated rings. The first-order chi connectivity index (χ1) is 11.2. The van der Waals surface area contributed by atoms with Crippen LogP contribution in [-0.4, -0.2) is 17.6 Å². The summed E-state index contributed by atoms with van der Waals surface area (Å²) in [6.07, 6.45) is 8.70. The van der Waals surface area contributed by atoms with Crippen LogP contribution in [0, 0.1) is 0 Å². The Morgan fingerprint density at radius 2 is 2.00 bits per heavy atom. The molecule has 0 bridgehead atoms. The van der Waals surface area contributed by atoms with Crippen molar-refractivity contribution in [1.29, 1.82) is 0 Å². The third-order valence-corrected chi connectivity index (χ3v) is 3.39. The van der Waals surface area contributed by atoms with Gasteiger partial charge in [0.25, 0.3) is 0 Å². The molecule has 118 valence electrons. The standard InChI is InChI=1S/C17H15NO5/c19-16(6-5-14-3-1-8-22-14)18-12-17(20,13-7-10-21-11-13)15-4-2-9-23-15/h1-11,20H,12H2,(H,18,19)/b6-5+/t17-/m0/s1. The molecule has 3 aromatic heterocycles. The third-order valence-electron chi connectivity index (χ3n) is 3.39. The first-order valence-electron chi connectivity index (χ1n) is 6.97. The van der Waals surface area contributed by atoms with Crippen molar-refractivity contribution in [3.63, 3.8) is 0 Å². The molecule has 6 heteroatoms. The van der Waals surface area contributed by atoms with Crippen LogP contribution in [0.5, 0.6) is 0 Å². The maximum atomic E-state index is 11.9. The van der Waals surface area contributed by atoms with Gasteiger partial charge in [0.1, 0.15) is 11.5 Å². The topological polar surface area (TPSA) is 88.8 Å². The van der Waals surface area contributed by atoms with E-state index >= 15 is 0 Å². The average molecular weight is 313 g/mol. The number of furan rings is 3. The monoisotopic (exact) mass is 313 g/mol. The molecule has 6 nitrogen and oxygen atoms in total. The molecule has 0 saturated heterocycles. The van der Waals surface area contributed by atoms with Crippen molar-refractivity contribution in [2.45, 2.75) is 5.60 Å². The normalized spacial score (nSPS) is 14.0. The highest BCUT2D eigenvalue weighted by Gasteiger charge is 2.35. The highest BCUT2D eigenvalue weighted by molar-refractivity contribution is 5.91. The summed E-state index contributed by atoms with van der Waals surface area (Å²) in [6.45, 7) is -0.0681. The molecule has 1 amide bonds. The summed E-state index contributed by atoms with van der Waals surface area (Å²) < 4.78 is 15.4. The van der Waals surface area contributed by atoms with Crippen LogP contribution in [0.4, 0.5) is 0 Å². The Morgan fingerprint density at radius 3 is 2.65 bits per heavy atom. The van der Waals surface area contributed by atoms with E-state index in [1.807, 2.05) is 0 Å². The van der Waals surface area contributed by atoms with E-state index in [0.717, 1.165) is 0 Å². The van der Waals surface area contributed by atoms with E-state index in [1.54, 1.807) is 36.4 Å². The van der Waals surface area contributed by atoms with Crippen LogP contribution < -0.4 is 5.32 Å². The van der Waals surface area contributed by atoms with E-state index < -0.39 is 5.60 Å². The summed E-state index contributed by atoms with van der Waals surface area (Å²) in [4.78, 5) is 11.9. The van der Waals surface area contributed by atoms with E-state index in [9.17, 15) is 9.90 Å². The van der Waals surface area contributed by atoms with Crippen LogP contribution in [0.15, 0.2) is 74.7 Å². The van der Waals surface area contributed by atoms with Gasteiger partial charge in [-0.25, -0.2) is 0 Å². The number of hydrogen-bond acceptors (Lipinski definition) is 5. The second kappa shape index (κ2) is 6.41.